The number of amides is 1. The molecule has 1 atom stereocenters. The summed E-state index contributed by atoms with van der Waals surface area (Å²) in [5, 5.41) is 2.91. The van der Waals surface area contributed by atoms with Crippen LogP contribution in [0, 0.1) is 0 Å². The van der Waals surface area contributed by atoms with Gasteiger partial charge in [0.15, 0.2) is 0 Å². The molecule has 0 aliphatic carbocycles. The fourth-order valence-corrected chi connectivity index (χ4v) is 7.31. The highest BCUT2D eigenvalue weighted by Gasteiger charge is 2.42. The van der Waals surface area contributed by atoms with E-state index in [-0.39, 0.29) is 12.0 Å². The van der Waals surface area contributed by atoms with Gasteiger partial charge in [-0.25, -0.2) is 4.79 Å². The van der Waals surface area contributed by atoms with E-state index in [2.05, 4.69) is 72.1 Å². The van der Waals surface area contributed by atoms with Crippen LogP contribution in [0.15, 0.2) is 54.6 Å². The molecule has 0 saturated carbocycles. The van der Waals surface area contributed by atoms with Gasteiger partial charge in [-0.2, -0.15) is 0 Å². The van der Waals surface area contributed by atoms with E-state index in [9.17, 15) is 4.79 Å². The van der Waals surface area contributed by atoms with Crippen molar-refractivity contribution in [2.24, 2.45) is 0 Å². The molecule has 5 rings (SSSR count). The Balaban J connectivity index is 1.41. The van der Waals surface area contributed by atoms with Crippen LogP contribution >= 0.6 is 0 Å². The number of alkyl carbamates (subject to hydrolysis) is 1. The number of carbonyl (C=O) groups is 1. The first-order chi connectivity index (χ1) is 19.2. The molecular weight excluding hydrogens is 518 g/mol. The SMILES string of the molecule is COc1cccc2c1C1c3c(OC)cccc3N(CCCOC(=O)NCCC[Si](C)(C)C)c3cccc(c31)N2C. The second-order valence-corrected chi connectivity index (χ2v) is 17.3. The van der Waals surface area contributed by atoms with Gasteiger partial charge in [-0.1, -0.05) is 43.9 Å². The lowest BCUT2D eigenvalue weighted by Gasteiger charge is -2.44. The van der Waals surface area contributed by atoms with E-state index < -0.39 is 8.07 Å². The minimum Gasteiger partial charge on any atom is -0.496 e. The summed E-state index contributed by atoms with van der Waals surface area (Å²) in [7, 11) is 4.48. The number of hydrogen-bond donors (Lipinski definition) is 1. The van der Waals surface area contributed by atoms with E-state index in [0.29, 0.717) is 26.1 Å². The number of methoxy groups -OCH3 is 2. The third kappa shape index (κ3) is 5.24. The zero-order valence-corrected chi connectivity index (χ0v) is 25.5. The van der Waals surface area contributed by atoms with Gasteiger partial charge in [-0.3, -0.25) is 0 Å². The van der Waals surface area contributed by atoms with Crippen molar-refractivity contribution >= 4 is 36.9 Å². The molecule has 0 saturated heterocycles. The number of rotatable bonds is 10. The summed E-state index contributed by atoms with van der Waals surface area (Å²) in [6.45, 7) is 8.76. The van der Waals surface area contributed by atoms with Crippen LogP contribution in [0.3, 0.4) is 0 Å². The molecule has 212 valence electrons. The highest BCUT2D eigenvalue weighted by atomic mass is 28.3. The maximum Gasteiger partial charge on any atom is 0.407 e. The van der Waals surface area contributed by atoms with Gasteiger partial charge in [-0.05, 0) is 49.2 Å². The molecule has 0 bridgehead atoms. The smallest absolute Gasteiger partial charge is 0.407 e. The Morgan fingerprint density at radius 3 is 2.00 bits per heavy atom. The first kappa shape index (κ1) is 27.9. The molecule has 2 heterocycles. The molecule has 8 heteroatoms. The van der Waals surface area contributed by atoms with Crippen LogP contribution in [0.1, 0.15) is 35.4 Å². The summed E-state index contributed by atoms with van der Waals surface area (Å²) in [5.74, 6) is 1.68. The maximum atomic E-state index is 12.3. The van der Waals surface area contributed by atoms with Crippen molar-refractivity contribution in [1.82, 2.24) is 5.32 Å². The number of fused-ring (bicyclic) bond motifs is 4. The topological polar surface area (TPSA) is 63.3 Å². The molecular formula is C32H41N3O4Si. The molecule has 1 amide bonds. The average Bonchev–Trinajstić information content (AvgIpc) is 2.95. The average molecular weight is 560 g/mol. The molecule has 1 N–H and O–H groups in total. The molecule has 1 unspecified atom stereocenters. The standard InChI is InChI=1S/C32H41N3O4Si/c1-34-22-12-7-14-24-28(22)31(29-23(34)13-8-16-26(29)37-2)30-25(15-9-17-27(30)38-3)35(24)19-11-20-39-32(36)33-18-10-21-40(4,5)6/h7-9,12-17,31H,10-11,18-21H2,1-6H3,(H,33,36). The normalized spacial score (nSPS) is 15.1. The van der Waals surface area contributed by atoms with Crippen molar-refractivity contribution in [1.29, 1.82) is 0 Å². The second kappa shape index (κ2) is 11.5. The Labute approximate surface area is 239 Å². The van der Waals surface area contributed by atoms with Crippen molar-refractivity contribution < 1.29 is 19.0 Å². The van der Waals surface area contributed by atoms with Gasteiger partial charge in [0.25, 0.3) is 0 Å². The Kier molecular flexibility index (Phi) is 7.99. The predicted molar refractivity (Wildman–Crippen MR) is 165 cm³/mol. The first-order valence-electron chi connectivity index (χ1n) is 14.1. The van der Waals surface area contributed by atoms with Crippen molar-refractivity contribution in [2.45, 2.75) is 44.4 Å². The van der Waals surface area contributed by atoms with Crippen LogP contribution in [-0.4, -0.2) is 55.1 Å². The Morgan fingerprint density at radius 2 is 1.38 bits per heavy atom. The van der Waals surface area contributed by atoms with Gasteiger partial charge >= 0.3 is 6.09 Å². The Bertz CT molecular complexity index is 1370. The monoisotopic (exact) mass is 559 g/mol. The minimum atomic E-state index is -1.10. The van der Waals surface area contributed by atoms with Crippen LogP contribution in [-0.2, 0) is 4.74 Å². The lowest BCUT2D eigenvalue weighted by atomic mass is 9.75. The number of hydrogen-bond acceptors (Lipinski definition) is 6. The van der Waals surface area contributed by atoms with Gasteiger partial charge in [0.2, 0.25) is 0 Å². The molecule has 0 spiro atoms. The molecule has 7 nitrogen and oxygen atoms in total. The quantitative estimate of drug-likeness (QED) is 0.208. The summed E-state index contributed by atoms with van der Waals surface area (Å²) in [6, 6.07) is 20.2. The van der Waals surface area contributed by atoms with E-state index in [4.69, 9.17) is 14.2 Å². The third-order valence-electron chi connectivity index (χ3n) is 7.89. The lowest BCUT2D eigenvalue weighted by molar-refractivity contribution is 0.145. The summed E-state index contributed by atoms with van der Waals surface area (Å²) >= 11 is 0. The van der Waals surface area contributed by atoms with Gasteiger partial charge in [-0.15, -0.1) is 0 Å². The summed E-state index contributed by atoms with van der Waals surface area (Å²) in [5.41, 5.74) is 8.06. The van der Waals surface area contributed by atoms with Crippen molar-refractivity contribution in [3.63, 3.8) is 0 Å². The van der Waals surface area contributed by atoms with E-state index in [1.807, 2.05) is 24.3 Å². The van der Waals surface area contributed by atoms with Gasteiger partial charge < -0.3 is 29.3 Å². The Morgan fingerprint density at radius 1 is 0.825 bits per heavy atom. The number of nitrogens with one attached hydrogen (secondary N) is 1. The first-order valence-corrected chi connectivity index (χ1v) is 17.8. The van der Waals surface area contributed by atoms with E-state index >= 15 is 0 Å². The zero-order valence-electron chi connectivity index (χ0n) is 24.5. The zero-order chi connectivity index (χ0) is 28.4. The van der Waals surface area contributed by atoms with Crippen LogP contribution in [0.25, 0.3) is 0 Å². The molecule has 3 aromatic rings. The third-order valence-corrected chi connectivity index (χ3v) is 9.74. The van der Waals surface area contributed by atoms with E-state index in [0.717, 1.165) is 46.1 Å². The predicted octanol–water partition coefficient (Wildman–Crippen LogP) is 7.26. The summed E-state index contributed by atoms with van der Waals surface area (Å²) in [4.78, 5) is 16.9. The number of carbonyl (C=O) groups excluding carboxylic acids is 1. The van der Waals surface area contributed by atoms with Gasteiger partial charge in [0, 0.05) is 73.6 Å². The largest absolute Gasteiger partial charge is 0.496 e. The highest BCUT2D eigenvalue weighted by Crippen LogP contribution is 2.60. The van der Waals surface area contributed by atoms with Gasteiger partial charge in [0.05, 0.1) is 20.8 Å². The minimum absolute atomic E-state index is 0.0332. The van der Waals surface area contributed by atoms with Crippen LogP contribution in [0.4, 0.5) is 27.5 Å². The maximum absolute atomic E-state index is 12.3. The summed E-state index contributed by atoms with van der Waals surface area (Å²) < 4.78 is 17.4. The van der Waals surface area contributed by atoms with E-state index in [1.54, 1.807) is 14.2 Å². The van der Waals surface area contributed by atoms with Crippen LogP contribution in [0.5, 0.6) is 11.5 Å². The number of anilines is 4. The molecule has 40 heavy (non-hydrogen) atoms. The number of benzene rings is 3. The second-order valence-electron chi connectivity index (χ2n) is 11.7. The fourth-order valence-electron chi connectivity index (χ4n) is 6.07. The Hall–Kier alpha value is -3.65. The number of nitrogens with zero attached hydrogens (tertiary/aromatic N) is 2. The molecule has 0 fully saturated rings. The molecule has 2 aliphatic rings. The molecule has 3 aromatic carbocycles. The van der Waals surface area contributed by atoms with Crippen molar-refractivity contribution in [2.75, 3.05) is 50.8 Å². The molecule has 0 radical (unpaired) electrons. The highest BCUT2D eigenvalue weighted by molar-refractivity contribution is 6.76. The molecule has 2 aliphatic heterocycles. The van der Waals surface area contributed by atoms with Crippen molar-refractivity contribution in [3.8, 4) is 11.5 Å². The van der Waals surface area contributed by atoms with Crippen molar-refractivity contribution in [3.05, 3.63) is 71.3 Å². The number of ether oxygens (including phenoxy) is 3. The van der Waals surface area contributed by atoms with Gasteiger partial charge in [0.1, 0.15) is 11.5 Å². The van der Waals surface area contributed by atoms with Crippen LogP contribution < -0.4 is 24.6 Å². The lowest BCUT2D eigenvalue weighted by Crippen LogP contribution is -2.33. The molecule has 0 aromatic heterocycles. The van der Waals surface area contributed by atoms with E-state index in [1.165, 1.54) is 17.3 Å². The summed E-state index contributed by atoms with van der Waals surface area (Å²) in [6.07, 6.45) is 1.36. The fraction of sp³-hybridized carbons (Fsp3) is 0.406. The van der Waals surface area contributed by atoms with Crippen LogP contribution in [0.2, 0.25) is 25.7 Å².